The van der Waals surface area contributed by atoms with Gasteiger partial charge < -0.3 is 9.73 Å². The van der Waals surface area contributed by atoms with Gasteiger partial charge in [-0.3, -0.25) is 0 Å². The summed E-state index contributed by atoms with van der Waals surface area (Å²) >= 11 is 15.9. The number of rotatable bonds is 3. The molecule has 3 rings (SSSR count). The lowest BCUT2D eigenvalue weighted by molar-refractivity contribution is 0.491. The van der Waals surface area contributed by atoms with Crippen LogP contribution in [0.2, 0.25) is 10.0 Å². The van der Waals surface area contributed by atoms with Gasteiger partial charge >= 0.3 is 0 Å². The summed E-state index contributed by atoms with van der Waals surface area (Å²) in [6.45, 7) is 0. The van der Waals surface area contributed by atoms with Gasteiger partial charge in [-0.1, -0.05) is 47.5 Å². The standard InChI is InChI=1S/C16H12BrCl2NO/c1-20-15(10-5-3-7-12(18)14(10)19)13-8-9-4-2-6-11(17)16(9)21-13/h2-8,15,20H,1H3. The molecule has 0 spiro atoms. The molecular weight excluding hydrogens is 373 g/mol. The minimum Gasteiger partial charge on any atom is -0.458 e. The van der Waals surface area contributed by atoms with Crippen LogP contribution in [0.15, 0.2) is 51.4 Å². The van der Waals surface area contributed by atoms with E-state index >= 15 is 0 Å². The highest BCUT2D eigenvalue weighted by molar-refractivity contribution is 9.10. The molecule has 1 N–H and O–H groups in total. The summed E-state index contributed by atoms with van der Waals surface area (Å²) in [5.41, 5.74) is 1.72. The van der Waals surface area contributed by atoms with Crippen LogP contribution in [0.4, 0.5) is 0 Å². The van der Waals surface area contributed by atoms with Crippen LogP contribution in [-0.4, -0.2) is 7.05 Å². The largest absolute Gasteiger partial charge is 0.458 e. The normalized spacial score (nSPS) is 12.8. The van der Waals surface area contributed by atoms with Gasteiger partial charge in [-0.25, -0.2) is 0 Å². The van der Waals surface area contributed by atoms with Gasteiger partial charge in [0.25, 0.3) is 0 Å². The van der Waals surface area contributed by atoms with E-state index in [1.807, 2.05) is 43.4 Å². The lowest BCUT2D eigenvalue weighted by Crippen LogP contribution is -2.17. The summed E-state index contributed by atoms with van der Waals surface area (Å²) in [5.74, 6) is 0.795. The molecule has 0 fully saturated rings. The summed E-state index contributed by atoms with van der Waals surface area (Å²) in [5, 5.41) is 5.34. The van der Waals surface area contributed by atoms with E-state index in [1.54, 1.807) is 6.07 Å². The lowest BCUT2D eigenvalue weighted by atomic mass is 10.0. The van der Waals surface area contributed by atoms with Crippen molar-refractivity contribution in [3.63, 3.8) is 0 Å². The molecule has 0 aliphatic heterocycles. The Bertz CT molecular complexity index is 800. The van der Waals surface area contributed by atoms with E-state index in [4.69, 9.17) is 27.6 Å². The van der Waals surface area contributed by atoms with E-state index in [0.717, 1.165) is 26.8 Å². The molecule has 0 aliphatic carbocycles. The molecule has 1 atom stereocenters. The van der Waals surface area contributed by atoms with Crippen LogP contribution in [0.1, 0.15) is 17.4 Å². The number of benzene rings is 2. The van der Waals surface area contributed by atoms with Crippen molar-refractivity contribution in [2.24, 2.45) is 0 Å². The van der Waals surface area contributed by atoms with Crippen molar-refractivity contribution >= 4 is 50.1 Å². The molecule has 1 aromatic heterocycles. The number of fused-ring (bicyclic) bond motifs is 1. The quantitative estimate of drug-likeness (QED) is 0.616. The van der Waals surface area contributed by atoms with Crippen LogP contribution < -0.4 is 5.32 Å². The second kappa shape index (κ2) is 6.01. The molecule has 0 amide bonds. The molecular formula is C16H12BrCl2NO. The number of para-hydroxylation sites is 1. The van der Waals surface area contributed by atoms with E-state index in [0.29, 0.717) is 10.0 Å². The van der Waals surface area contributed by atoms with Crippen molar-refractivity contribution in [3.05, 3.63) is 68.3 Å². The minimum atomic E-state index is -0.157. The van der Waals surface area contributed by atoms with E-state index in [2.05, 4.69) is 21.2 Å². The molecule has 21 heavy (non-hydrogen) atoms. The fourth-order valence-corrected chi connectivity index (χ4v) is 3.26. The third kappa shape index (κ3) is 2.71. The van der Waals surface area contributed by atoms with Gasteiger partial charge in [0.05, 0.1) is 20.6 Å². The van der Waals surface area contributed by atoms with E-state index in [9.17, 15) is 0 Å². The molecule has 1 unspecified atom stereocenters. The van der Waals surface area contributed by atoms with Crippen LogP contribution in [0.5, 0.6) is 0 Å². The Morgan fingerprint density at radius 1 is 1.14 bits per heavy atom. The topological polar surface area (TPSA) is 25.2 Å². The molecule has 5 heteroatoms. The van der Waals surface area contributed by atoms with Crippen LogP contribution in [-0.2, 0) is 0 Å². The minimum absolute atomic E-state index is 0.157. The Kier molecular flexibility index (Phi) is 4.27. The lowest BCUT2D eigenvalue weighted by Gasteiger charge is -2.16. The summed E-state index contributed by atoms with van der Waals surface area (Å²) in [6.07, 6.45) is 0. The maximum Gasteiger partial charge on any atom is 0.148 e. The summed E-state index contributed by atoms with van der Waals surface area (Å²) in [7, 11) is 1.87. The molecule has 0 bridgehead atoms. The van der Waals surface area contributed by atoms with Crippen molar-refractivity contribution in [2.75, 3.05) is 7.05 Å². The third-order valence-electron chi connectivity index (χ3n) is 3.38. The van der Waals surface area contributed by atoms with Gasteiger partial charge in [-0.05, 0) is 46.7 Å². The Morgan fingerprint density at radius 3 is 2.62 bits per heavy atom. The van der Waals surface area contributed by atoms with Crippen LogP contribution in [0.25, 0.3) is 11.0 Å². The van der Waals surface area contributed by atoms with E-state index in [1.165, 1.54) is 0 Å². The Labute approximate surface area is 141 Å². The summed E-state index contributed by atoms with van der Waals surface area (Å²) in [4.78, 5) is 0. The maximum atomic E-state index is 6.32. The highest BCUT2D eigenvalue weighted by Gasteiger charge is 2.21. The van der Waals surface area contributed by atoms with Crippen molar-refractivity contribution in [3.8, 4) is 0 Å². The highest BCUT2D eigenvalue weighted by atomic mass is 79.9. The van der Waals surface area contributed by atoms with Crippen LogP contribution >= 0.6 is 39.1 Å². The molecule has 0 saturated carbocycles. The Hall–Kier alpha value is -1.000. The van der Waals surface area contributed by atoms with Gasteiger partial charge in [0.15, 0.2) is 0 Å². The maximum absolute atomic E-state index is 6.32. The molecule has 2 nitrogen and oxygen atoms in total. The predicted octanol–water partition coefficient (Wildman–Crippen LogP) is 5.81. The zero-order valence-corrected chi connectivity index (χ0v) is 14.3. The SMILES string of the molecule is CNC(c1cc2cccc(Br)c2o1)c1cccc(Cl)c1Cl. The molecule has 0 radical (unpaired) electrons. The molecule has 3 aromatic rings. The second-order valence-corrected chi connectivity index (χ2v) is 6.31. The first kappa shape index (κ1) is 14.9. The second-order valence-electron chi connectivity index (χ2n) is 4.67. The van der Waals surface area contributed by atoms with Gasteiger partial charge in [0.2, 0.25) is 0 Å². The Balaban J connectivity index is 2.14. The third-order valence-corrected chi connectivity index (χ3v) is 4.84. The number of hydrogen-bond donors (Lipinski definition) is 1. The van der Waals surface area contributed by atoms with Crippen molar-refractivity contribution in [2.45, 2.75) is 6.04 Å². The molecule has 1 heterocycles. The summed E-state index contributed by atoms with van der Waals surface area (Å²) in [6, 6.07) is 13.4. The Morgan fingerprint density at radius 2 is 1.90 bits per heavy atom. The van der Waals surface area contributed by atoms with E-state index < -0.39 is 0 Å². The van der Waals surface area contributed by atoms with Crippen molar-refractivity contribution in [1.29, 1.82) is 0 Å². The molecule has 0 saturated heterocycles. The highest BCUT2D eigenvalue weighted by Crippen LogP contribution is 2.36. The average molecular weight is 385 g/mol. The van der Waals surface area contributed by atoms with Gasteiger partial charge in [0.1, 0.15) is 11.3 Å². The number of furan rings is 1. The number of hydrogen-bond acceptors (Lipinski definition) is 2. The van der Waals surface area contributed by atoms with E-state index in [-0.39, 0.29) is 6.04 Å². The number of nitrogens with one attached hydrogen (secondary N) is 1. The first-order valence-corrected chi connectivity index (χ1v) is 7.96. The summed E-state index contributed by atoms with van der Waals surface area (Å²) < 4.78 is 6.92. The van der Waals surface area contributed by atoms with Gasteiger partial charge in [0, 0.05) is 5.39 Å². The fraction of sp³-hybridized carbons (Fsp3) is 0.125. The van der Waals surface area contributed by atoms with Crippen molar-refractivity contribution < 1.29 is 4.42 Å². The smallest absolute Gasteiger partial charge is 0.148 e. The molecule has 108 valence electrons. The average Bonchev–Trinajstić information content (AvgIpc) is 2.89. The molecule has 0 aliphatic rings. The zero-order chi connectivity index (χ0) is 15.0. The van der Waals surface area contributed by atoms with Crippen molar-refractivity contribution in [1.82, 2.24) is 5.32 Å². The monoisotopic (exact) mass is 383 g/mol. The van der Waals surface area contributed by atoms with Gasteiger partial charge in [-0.2, -0.15) is 0 Å². The first-order valence-electron chi connectivity index (χ1n) is 6.41. The molecule has 2 aromatic carbocycles. The van der Waals surface area contributed by atoms with Gasteiger partial charge in [-0.15, -0.1) is 0 Å². The predicted molar refractivity (Wildman–Crippen MR) is 91.3 cm³/mol. The fourth-order valence-electron chi connectivity index (χ4n) is 2.38. The van der Waals surface area contributed by atoms with Crippen LogP contribution in [0.3, 0.4) is 0 Å². The number of halogens is 3. The zero-order valence-electron chi connectivity index (χ0n) is 11.2. The van der Waals surface area contributed by atoms with Crippen LogP contribution in [0, 0.1) is 0 Å². The first-order chi connectivity index (χ1) is 10.1.